The zero-order valence-electron chi connectivity index (χ0n) is 9.52. The fraction of sp³-hybridized carbons (Fsp3) is 0.455. The molecule has 90 valence electrons. The van der Waals surface area contributed by atoms with E-state index in [1.807, 2.05) is 12.3 Å². The predicted molar refractivity (Wildman–Crippen MR) is 74.3 cm³/mol. The van der Waals surface area contributed by atoms with Gasteiger partial charge in [0.1, 0.15) is 4.83 Å². The third kappa shape index (κ3) is 2.21. The van der Waals surface area contributed by atoms with E-state index in [4.69, 9.17) is 0 Å². The van der Waals surface area contributed by atoms with Crippen molar-refractivity contribution in [2.45, 2.75) is 23.7 Å². The van der Waals surface area contributed by atoms with Crippen LogP contribution in [-0.4, -0.2) is 23.2 Å². The maximum absolute atomic E-state index is 11.9. The van der Waals surface area contributed by atoms with Gasteiger partial charge in [-0.3, -0.25) is 4.79 Å². The average molecular weight is 284 g/mol. The molecule has 0 bridgehead atoms. The quantitative estimate of drug-likeness (QED) is 0.880. The third-order valence-electron chi connectivity index (χ3n) is 2.89. The first-order valence-electron chi connectivity index (χ1n) is 5.42. The van der Waals surface area contributed by atoms with Crippen LogP contribution in [0.25, 0.3) is 9.53 Å². The molecule has 0 spiro atoms. The molecule has 2 unspecified atom stereocenters. The Morgan fingerprint density at radius 1 is 1.59 bits per heavy atom. The van der Waals surface area contributed by atoms with E-state index in [1.54, 1.807) is 23.1 Å². The van der Waals surface area contributed by atoms with Gasteiger partial charge >= 0.3 is 0 Å². The molecule has 17 heavy (non-hydrogen) atoms. The van der Waals surface area contributed by atoms with Crippen LogP contribution in [0, 0.1) is 5.92 Å². The van der Waals surface area contributed by atoms with Gasteiger partial charge in [-0.25, -0.2) is 4.98 Å². The number of hydrogen-bond acceptors (Lipinski definition) is 5. The van der Waals surface area contributed by atoms with Gasteiger partial charge in [-0.1, -0.05) is 18.7 Å². The summed E-state index contributed by atoms with van der Waals surface area (Å²) < 4.78 is 2.18. The average Bonchev–Trinajstić information content (AvgIpc) is 2.74. The van der Waals surface area contributed by atoms with Crippen molar-refractivity contribution in [3.05, 3.63) is 10.9 Å². The van der Waals surface area contributed by atoms with Crippen molar-refractivity contribution in [3.63, 3.8) is 0 Å². The molecular formula is C11H12N2OS3. The Morgan fingerprint density at radius 3 is 2.94 bits per heavy atom. The lowest BCUT2D eigenvalue weighted by molar-refractivity contribution is 0.0953. The minimum absolute atomic E-state index is 0.0558. The standard InChI is InChI=1S/C11H12N2OS3/c1-5-3-6(5)12-9(14)7-4-8-10(16-7)13-11(15-2)17-8/h4-6H,3H2,1-2H3,(H,12,14). The van der Waals surface area contributed by atoms with Crippen molar-refractivity contribution in [2.75, 3.05) is 6.26 Å². The summed E-state index contributed by atoms with van der Waals surface area (Å²) in [5.74, 6) is 0.696. The molecule has 6 heteroatoms. The van der Waals surface area contributed by atoms with Crippen LogP contribution >= 0.6 is 34.4 Å². The van der Waals surface area contributed by atoms with Gasteiger partial charge in [0.2, 0.25) is 0 Å². The molecule has 3 rings (SSSR count). The minimum Gasteiger partial charge on any atom is -0.348 e. The van der Waals surface area contributed by atoms with Crippen molar-refractivity contribution in [1.29, 1.82) is 0 Å². The highest BCUT2D eigenvalue weighted by atomic mass is 32.2. The second-order valence-electron chi connectivity index (χ2n) is 4.26. The highest BCUT2D eigenvalue weighted by Gasteiger charge is 2.34. The summed E-state index contributed by atoms with van der Waals surface area (Å²) >= 11 is 4.79. The maximum atomic E-state index is 11.9. The topological polar surface area (TPSA) is 42.0 Å². The van der Waals surface area contributed by atoms with Gasteiger partial charge in [0.15, 0.2) is 4.34 Å². The second-order valence-corrected chi connectivity index (χ2v) is 7.37. The van der Waals surface area contributed by atoms with Crippen LogP contribution in [0.4, 0.5) is 0 Å². The molecule has 2 aromatic heterocycles. The van der Waals surface area contributed by atoms with E-state index < -0.39 is 0 Å². The first-order valence-corrected chi connectivity index (χ1v) is 8.28. The summed E-state index contributed by atoms with van der Waals surface area (Å²) in [6.07, 6.45) is 3.13. The molecule has 1 saturated carbocycles. The van der Waals surface area contributed by atoms with Crippen molar-refractivity contribution >= 4 is 49.9 Å². The van der Waals surface area contributed by atoms with E-state index in [-0.39, 0.29) is 5.91 Å². The lowest BCUT2D eigenvalue weighted by Gasteiger charge is -1.99. The summed E-state index contributed by atoms with van der Waals surface area (Å²) in [5, 5.41) is 3.04. The summed E-state index contributed by atoms with van der Waals surface area (Å²) in [6.45, 7) is 2.16. The van der Waals surface area contributed by atoms with E-state index in [2.05, 4.69) is 17.2 Å². The van der Waals surface area contributed by atoms with Gasteiger partial charge in [-0.2, -0.15) is 0 Å². The van der Waals surface area contributed by atoms with Gasteiger partial charge in [0, 0.05) is 6.04 Å². The van der Waals surface area contributed by atoms with Crippen molar-refractivity contribution < 1.29 is 4.79 Å². The Morgan fingerprint density at radius 2 is 2.35 bits per heavy atom. The van der Waals surface area contributed by atoms with Crippen molar-refractivity contribution in [2.24, 2.45) is 5.92 Å². The van der Waals surface area contributed by atoms with Crippen LogP contribution in [0.15, 0.2) is 10.4 Å². The molecule has 1 N–H and O–H groups in total. The van der Waals surface area contributed by atoms with Gasteiger partial charge in [-0.15, -0.1) is 22.7 Å². The molecule has 0 aliphatic heterocycles. The molecule has 0 aromatic carbocycles. The number of nitrogens with one attached hydrogen (secondary N) is 1. The zero-order valence-corrected chi connectivity index (χ0v) is 12.0. The maximum Gasteiger partial charge on any atom is 0.261 e. The number of thiophene rings is 1. The number of carbonyl (C=O) groups excluding carboxylic acids is 1. The highest BCUT2D eigenvalue weighted by Crippen LogP contribution is 2.35. The van der Waals surface area contributed by atoms with Gasteiger partial charge in [-0.05, 0) is 24.7 Å². The Hall–Kier alpha value is -0.590. The van der Waals surface area contributed by atoms with Gasteiger partial charge in [0.05, 0.1) is 9.58 Å². The second kappa shape index (κ2) is 4.26. The Labute approximate surface area is 112 Å². The molecule has 1 fully saturated rings. The fourth-order valence-corrected chi connectivity index (χ4v) is 4.37. The summed E-state index contributed by atoms with van der Waals surface area (Å²) in [7, 11) is 0. The Balaban J connectivity index is 1.80. The van der Waals surface area contributed by atoms with E-state index >= 15 is 0 Å². The van der Waals surface area contributed by atoms with Crippen LogP contribution < -0.4 is 5.32 Å². The number of thioether (sulfide) groups is 1. The van der Waals surface area contributed by atoms with Crippen LogP contribution in [0.2, 0.25) is 0 Å². The summed E-state index contributed by atoms with van der Waals surface area (Å²) in [6, 6.07) is 2.34. The minimum atomic E-state index is 0.0558. The molecule has 1 amide bonds. The molecule has 2 aromatic rings. The monoisotopic (exact) mass is 284 g/mol. The van der Waals surface area contributed by atoms with E-state index in [1.165, 1.54) is 11.3 Å². The van der Waals surface area contributed by atoms with Gasteiger partial charge in [0.25, 0.3) is 5.91 Å². The number of rotatable bonds is 3. The lowest BCUT2D eigenvalue weighted by Crippen LogP contribution is -2.25. The lowest BCUT2D eigenvalue weighted by atomic mass is 10.4. The molecule has 2 atom stereocenters. The Kier molecular flexibility index (Phi) is 2.88. The molecule has 1 aliphatic rings. The zero-order chi connectivity index (χ0) is 12.0. The number of thiazole rings is 1. The van der Waals surface area contributed by atoms with Crippen LogP contribution in [-0.2, 0) is 0 Å². The van der Waals surface area contributed by atoms with Crippen molar-refractivity contribution in [1.82, 2.24) is 10.3 Å². The number of carbonyl (C=O) groups is 1. The SMILES string of the molecule is CSc1nc2sc(C(=O)NC3CC3C)cc2s1. The molecule has 0 radical (unpaired) electrons. The third-order valence-corrected chi connectivity index (χ3v) is 6.04. The first-order chi connectivity index (χ1) is 8.17. The Bertz CT molecular complexity index is 543. The fourth-order valence-electron chi connectivity index (χ4n) is 1.68. The van der Waals surface area contributed by atoms with Crippen molar-refractivity contribution in [3.8, 4) is 0 Å². The molecule has 1 aliphatic carbocycles. The number of aromatic nitrogens is 1. The molecule has 2 heterocycles. The summed E-state index contributed by atoms with van der Waals surface area (Å²) in [5.41, 5.74) is 0. The normalized spacial score (nSPS) is 22.9. The number of hydrogen-bond donors (Lipinski definition) is 1. The van der Waals surface area contributed by atoms with Crippen LogP contribution in [0.3, 0.4) is 0 Å². The molecule has 0 saturated heterocycles. The molecular weight excluding hydrogens is 272 g/mol. The smallest absolute Gasteiger partial charge is 0.261 e. The molecule has 3 nitrogen and oxygen atoms in total. The van der Waals surface area contributed by atoms with Crippen LogP contribution in [0.1, 0.15) is 23.0 Å². The number of nitrogens with zero attached hydrogens (tertiary/aromatic N) is 1. The first kappa shape index (κ1) is 11.5. The predicted octanol–water partition coefficient (Wildman–Crippen LogP) is 3.22. The number of fused-ring (bicyclic) bond motifs is 1. The number of amides is 1. The highest BCUT2D eigenvalue weighted by molar-refractivity contribution is 8.00. The van der Waals surface area contributed by atoms with Gasteiger partial charge < -0.3 is 5.32 Å². The van der Waals surface area contributed by atoms with E-state index in [9.17, 15) is 4.79 Å². The largest absolute Gasteiger partial charge is 0.348 e. The van der Waals surface area contributed by atoms with E-state index in [0.717, 1.165) is 25.2 Å². The van der Waals surface area contributed by atoms with E-state index in [0.29, 0.717) is 12.0 Å². The summed E-state index contributed by atoms with van der Waals surface area (Å²) in [4.78, 5) is 18.2. The van der Waals surface area contributed by atoms with Crippen LogP contribution in [0.5, 0.6) is 0 Å².